The third-order valence-electron chi connectivity index (χ3n) is 6.49. The van der Waals surface area contributed by atoms with E-state index in [2.05, 4.69) is 89.7 Å². The first kappa shape index (κ1) is 30.8. The number of fused-ring (bicyclic) bond motifs is 2. The molecule has 0 bridgehead atoms. The Balaban J connectivity index is 0.00000160. The first-order valence-electron chi connectivity index (χ1n) is 12.7. The third-order valence-corrected chi connectivity index (χ3v) is 6.49. The largest absolute Gasteiger partial charge is 2.00 e. The minimum atomic E-state index is 0. The summed E-state index contributed by atoms with van der Waals surface area (Å²) in [5.41, 5.74) is 6.19. The van der Waals surface area contributed by atoms with Crippen LogP contribution in [-0.4, -0.2) is 24.1 Å². The average Bonchev–Trinajstić information content (AvgIpc) is 3.43. The minimum Gasteiger partial charge on any atom is -1.00 e. The van der Waals surface area contributed by atoms with Gasteiger partial charge in [-0.15, -0.1) is 0 Å². The maximum absolute atomic E-state index is 5.11. The summed E-state index contributed by atoms with van der Waals surface area (Å²) in [6.07, 6.45) is 7.09. The summed E-state index contributed by atoms with van der Waals surface area (Å²) in [6.45, 7) is 6.38. The van der Waals surface area contributed by atoms with E-state index in [9.17, 15) is 0 Å². The Morgan fingerprint density at radius 1 is 0.541 bits per heavy atom. The van der Waals surface area contributed by atoms with Crippen molar-refractivity contribution in [2.45, 2.75) is 65.5 Å². The van der Waals surface area contributed by atoms with E-state index in [0.717, 1.165) is 60.0 Å². The molecular formula is C29H33Cl2CoN5. The molecule has 0 aliphatic carbocycles. The topological polar surface area (TPSA) is 48.5 Å². The number of hydrogen-bond acceptors (Lipinski definition) is 3. The van der Waals surface area contributed by atoms with Crippen molar-refractivity contribution in [2.75, 3.05) is 0 Å². The second kappa shape index (κ2) is 14.5. The Morgan fingerprint density at radius 2 is 0.973 bits per heavy atom. The van der Waals surface area contributed by atoms with Crippen LogP contribution in [0.1, 0.15) is 52.4 Å². The van der Waals surface area contributed by atoms with E-state index >= 15 is 0 Å². The zero-order valence-corrected chi connectivity index (χ0v) is 23.9. The number of aryl methyl sites for hydroxylation is 2. The molecule has 5 aromatic rings. The van der Waals surface area contributed by atoms with Gasteiger partial charge in [0, 0.05) is 13.1 Å². The second-order valence-corrected chi connectivity index (χ2v) is 8.97. The molecule has 5 rings (SSSR count). The van der Waals surface area contributed by atoms with Crippen molar-refractivity contribution >= 4 is 22.1 Å². The molecule has 37 heavy (non-hydrogen) atoms. The molecule has 0 atom stereocenters. The van der Waals surface area contributed by atoms with E-state index in [4.69, 9.17) is 15.0 Å². The van der Waals surface area contributed by atoms with Gasteiger partial charge in [0.1, 0.15) is 11.4 Å². The van der Waals surface area contributed by atoms with Crippen molar-refractivity contribution in [1.29, 1.82) is 0 Å². The number of para-hydroxylation sites is 4. The standard InChI is InChI=1S/C29H33N5.2ClH.Co/c1-3-5-11-20-33-26-18-9-7-14-22(26)31-28(33)24-16-13-17-25(30-24)29-32-23-15-8-10-19-27(23)34(29)21-12-6-4-2;;;/h7-10,13-19H,3-6,11-12,20-21H2,1-2H3;2*1H;/q;;;+2/p-2. The predicted octanol–water partition coefficient (Wildman–Crippen LogP) is 1.50. The molecular weight excluding hydrogens is 548 g/mol. The van der Waals surface area contributed by atoms with E-state index in [0.29, 0.717) is 0 Å². The van der Waals surface area contributed by atoms with Gasteiger partial charge in [0.2, 0.25) is 0 Å². The minimum absolute atomic E-state index is 0. The molecule has 0 N–H and O–H groups in total. The van der Waals surface area contributed by atoms with Crippen LogP contribution in [-0.2, 0) is 29.9 Å². The van der Waals surface area contributed by atoms with Crippen molar-refractivity contribution in [3.05, 3.63) is 66.7 Å². The molecule has 3 aromatic heterocycles. The van der Waals surface area contributed by atoms with Crippen LogP contribution in [0.25, 0.3) is 45.1 Å². The average molecular weight is 581 g/mol. The van der Waals surface area contributed by atoms with Crippen LogP contribution in [0.3, 0.4) is 0 Å². The Kier molecular flexibility index (Phi) is 12.1. The summed E-state index contributed by atoms with van der Waals surface area (Å²) in [5.74, 6) is 1.88. The van der Waals surface area contributed by atoms with Crippen molar-refractivity contribution in [2.24, 2.45) is 0 Å². The van der Waals surface area contributed by atoms with E-state index in [1.807, 2.05) is 0 Å². The fraction of sp³-hybridized carbons (Fsp3) is 0.345. The molecule has 1 radical (unpaired) electrons. The summed E-state index contributed by atoms with van der Waals surface area (Å²) in [7, 11) is 0. The normalized spacial score (nSPS) is 10.6. The molecule has 0 spiro atoms. The van der Waals surface area contributed by atoms with Gasteiger partial charge >= 0.3 is 16.8 Å². The van der Waals surface area contributed by atoms with E-state index < -0.39 is 0 Å². The van der Waals surface area contributed by atoms with Crippen LogP contribution in [0.4, 0.5) is 0 Å². The van der Waals surface area contributed by atoms with Gasteiger partial charge in [-0.25, -0.2) is 15.0 Å². The summed E-state index contributed by atoms with van der Waals surface area (Å²) >= 11 is 0. The van der Waals surface area contributed by atoms with Gasteiger partial charge < -0.3 is 33.9 Å². The fourth-order valence-electron chi connectivity index (χ4n) is 4.72. The number of aromatic nitrogens is 5. The van der Waals surface area contributed by atoms with E-state index in [1.54, 1.807) is 0 Å². The number of nitrogens with zero attached hydrogens (tertiary/aromatic N) is 5. The quantitative estimate of drug-likeness (QED) is 0.235. The van der Waals surface area contributed by atoms with E-state index in [-0.39, 0.29) is 41.6 Å². The van der Waals surface area contributed by atoms with Crippen LogP contribution in [0.5, 0.6) is 0 Å². The second-order valence-electron chi connectivity index (χ2n) is 8.97. The van der Waals surface area contributed by atoms with E-state index in [1.165, 1.54) is 36.7 Å². The number of imidazole rings is 2. The number of pyridine rings is 1. The molecule has 5 nitrogen and oxygen atoms in total. The molecule has 0 unspecified atom stereocenters. The van der Waals surface area contributed by atoms with Crippen molar-refractivity contribution in [3.8, 4) is 23.0 Å². The maximum Gasteiger partial charge on any atom is 2.00 e. The zero-order valence-electron chi connectivity index (χ0n) is 21.3. The van der Waals surface area contributed by atoms with Gasteiger partial charge in [-0.05, 0) is 49.2 Å². The molecule has 0 aliphatic heterocycles. The number of halogens is 2. The van der Waals surface area contributed by atoms with Crippen molar-refractivity contribution in [3.63, 3.8) is 0 Å². The number of unbranched alkanes of at least 4 members (excludes halogenated alkanes) is 4. The Morgan fingerprint density at radius 3 is 1.41 bits per heavy atom. The number of rotatable bonds is 10. The molecule has 0 aliphatic rings. The molecule has 0 saturated heterocycles. The Hall–Kier alpha value is -2.38. The Labute approximate surface area is 242 Å². The number of hydrogen-bond donors (Lipinski definition) is 0. The van der Waals surface area contributed by atoms with Gasteiger partial charge in [-0.1, -0.05) is 69.9 Å². The summed E-state index contributed by atoms with van der Waals surface area (Å²) < 4.78 is 4.67. The van der Waals surface area contributed by atoms with Gasteiger partial charge in [0.15, 0.2) is 11.6 Å². The molecule has 197 valence electrons. The maximum atomic E-state index is 5.11. The SMILES string of the molecule is CCCCCn1c(-c2cccc(-c3nc4ccccc4n3CCCCC)n2)nc2ccccc21.[Cl-].[Cl-].[Co+2]. The van der Waals surface area contributed by atoms with Crippen molar-refractivity contribution in [1.82, 2.24) is 24.1 Å². The molecule has 2 aromatic carbocycles. The van der Waals surface area contributed by atoms with Gasteiger partial charge in [-0.2, -0.15) is 0 Å². The van der Waals surface area contributed by atoms with Crippen LogP contribution >= 0.6 is 0 Å². The predicted molar refractivity (Wildman–Crippen MR) is 141 cm³/mol. The first-order valence-corrected chi connectivity index (χ1v) is 12.7. The zero-order chi connectivity index (χ0) is 23.3. The van der Waals surface area contributed by atoms with Gasteiger partial charge in [-0.3, -0.25) is 0 Å². The van der Waals surface area contributed by atoms with Gasteiger partial charge in [0.25, 0.3) is 0 Å². The van der Waals surface area contributed by atoms with Crippen molar-refractivity contribution < 1.29 is 41.6 Å². The van der Waals surface area contributed by atoms with Crippen LogP contribution in [0, 0.1) is 0 Å². The Bertz CT molecular complexity index is 1310. The first-order chi connectivity index (χ1) is 16.8. The molecule has 8 heteroatoms. The molecule has 0 fully saturated rings. The number of benzene rings is 2. The van der Waals surface area contributed by atoms with Crippen LogP contribution in [0.15, 0.2) is 66.7 Å². The fourth-order valence-corrected chi connectivity index (χ4v) is 4.72. The summed E-state index contributed by atoms with van der Waals surface area (Å²) in [5, 5.41) is 0. The molecule has 0 amide bonds. The summed E-state index contributed by atoms with van der Waals surface area (Å²) in [4.78, 5) is 15.1. The smallest absolute Gasteiger partial charge is 1.00 e. The van der Waals surface area contributed by atoms with Gasteiger partial charge in [0.05, 0.1) is 22.1 Å². The molecule has 0 saturated carbocycles. The third kappa shape index (κ3) is 6.55. The molecule has 3 heterocycles. The van der Waals surface area contributed by atoms with Crippen LogP contribution in [0.2, 0.25) is 0 Å². The van der Waals surface area contributed by atoms with Crippen LogP contribution < -0.4 is 24.8 Å². The summed E-state index contributed by atoms with van der Waals surface area (Å²) in [6, 6.07) is 23.0. The monoisotopic (exact) mass is 580 g/mol.